The summed E-state index contributed by atoms with van der Waals surface area (Å²) in [5.74, 6) is 0. The van der Waals surface area contributed by atoms with Crippen LogP contribution in [0.2, 0.25) is 0 Å². The predicted octanol–water partition coefficient (Wildman–Crippen LogP) is 12.6. The van der Waals surface area contributed by atoms with E-state index in [-0.39, 0.29) is 0 Å². The maximum atomic E-state index is 6.38. The molecular formula is C46H28N2O. The lowest BCUT2D eigenvalue weighted by atomic mass is 10.1. The summed E-state index contributed by atoms with van der Waals surface area (Å²) in [6, 6.07) is 61.4. The van der Waals surface area contributed by atoms with Crippen LogP contribution in [-0.4, -0.2) is 9.13 Å². The van der Waals surface area contributed by atoms with Crippen molar-refractivity contribution in [2.75, 3.05) is 0 Å². The van der Waals surface area contributed by atoms with E-state index in [1.807, 2.05) is 0 Å². The number of rotatable bonds is 3. The van der Waals surface area contributed by atoms with Crippen molar-refractivity contribution in [3.8, 4) is 22.5 Å². The summed E-state index contributed by atoms with van der Waals surface area (Å²) in [7, 11) is 0. The summed E-state index contributed by atoms with van der Waals surface area (Å²) < 4.78 is 11.2. The van der Waals surface area contributed by atoms with Gasteiger partial charge in [-0.15, -0.1) is 0 Å². The van der Waals surface area contributed by atoms with Crippen molar-refractivity contribution in [2.45, 2.75) is 0 Å². The molecule has 0 aliphatic heterocycles. The van der Waals surface area contributed by atoms with Crippen molar-refractivity contribution in [1.29, 1.82) is 0 Å². The van der Waals surface area contributed by atoms with Gasteiger partial charge in [0.2, 0.25) is 0 Å². The molecule has 11 rings (SSSR count). The van der Waals surface area contributed by atoms with Gasteiger partial charge in [-0.1, -0.05) is 103 Å². The molecule has 3 aromatic heterocycles. The minimum atomic E-state index is 0.901. The van der Waals surface area contributed by atoms with Gasteiger partial charge in [0.05, 0.1) is 22.1 Å². The van der Waals surface area contributed by atoms with Crippen LogP contribution in [0.3, 0.4) is 0 Å². The first-order chi connectivity index (χ1) is 24.3. The monoisotopic (exact) mass is 624 g/mol. The third kappa shape index (κ3) is 3.84. The van der Waals surface area contributed by atoms with Crippen LogP contribution in [0.1, 0.15) is 0 Å². The first-order valence-electron chi connectivity index (χ1n) is 16.8. The number of hydrogen-bond donors (Lipinski definition) is 0. The van der Waals surface area contributed by atoms with Crippen LogP contribution in [-0.2, 0) is 0 Å². The van der Waals surface area contributed by atoms with Gasteiger partial charge in [0, 0.05) is 43.7 Å². The van der Waals surface area contributed by atoms with Crippen molar-refractivity contribution >= 4 is 76.3 Å². The Morgan fingerprint density at radius 2 is 0.837 bits per heavy atom. The Morgan fingerprint density at radius 1 is 0.306 bits per heavy atom. The quantitative estimate of drug-likeness (QED) is 0.192. The van der Waals surface area contributed by atoms with E-state index < -0.39 is 0 Å². The highest BCUT2D eigenvalue weighted by atomic mass is 16.3. The highest BCUT2D eigenvalue weighted by Crippen LogP contribution is 2.41. The molecule has 11 aromatic rings. The minimum Gasteiger partial charge on any atom is -0.456 e. The molecule has 0 bridgehead atoms. The van der Waals surface area contributed by atoms with Gasteiger partial charge in [0.15, 0.2) is 0 Å². The molecule has 3 heteroatoms. The molecule has 0 N–H and O–H groups in total. The molecule has 8 aromatic carbocycles. The second-order valence-corrected chi connectivity index (χ2v) is 13.0. The molecule has 0 aliphatic rings. The zero-order valence-electron chi connectivity index (χ0n) is 26.5. The smallest absolute Gasteiger partial charge is 0.136 e. The Kier molecular flexibility index (Phi) is 5.38. The van der Waals surface area contributed by atoms with E-state index in [0.29, 0.717) is 0 Å². The normalized spacial score (nSPS) is 12.1. The molecule has 0 radical (unpaired) electrons. The van der Waals surface area contributed by atoms with Crippen LogP contribution in [0.25, 0.3) is 98.8 Å². The van der Waals surface area contributed by atoms with Gasteiger partial charge in [-0.3, -0.25) is 0 Å². The summed E-state index contributed by atoms with van der Waals surface area (Å²) in [6.45, 7) is 0. The number of furan rings is 1. The highest BCUT2D eigenvalue weighted by molar-refractivity contribution is 6.19. The molecule has 3 heterocycles. The zero-order chi connectivity index (χ0) is 32.1. The van der Waals surface area contributed by atoms with E-state index in [2.05, 4.69) is 179 Å². The largest absolute Gasteiger partial charge is 0.456 e. The van der Waals surface area contributed by atoms with Gasteiger partial charge in [0.1, 0.15) is 11.2 Å². The lowest BCUT2D eigenvalue weighted by Gasteiger charge is -2.10. The first kappa shape index (κ1) is 26.5. The Hall–Kier alpha value is -6.58. The minimum absolute atomic E-state index is 0.901. The SMILES string of the molecule is c1ccc(-c2ccc(-n3c4ccccc4c4cc5c(cc43)c3ccccc3n5-c3ccc4oc5cc6ccccc6cc5c4c3)cc2)cc1. The molecule has 0 unspecified atom stereocenters. The summed E-state index contributed by atoms with van der Waals surface area (Å²) in [5.41, 5.74) is 11.3. The lowest BCUT2D eigenvalue weighted by molar-refractivity contribution is 0.669. The van der Waals surface area contributed by atoms with Crippen LogP contribution in [0.5, 0.6) is 0 Å². The third-order valence-corrected chi connectivity index (χ3v) is 10.3. The second kappa shape index (κ2) is 9.96. The Bertz CT molecular complexity index is 3090. The molecule has 0 amide bonds. The average molecular weight is 625 g/mol. The van der Waals surface area contributed by atoms with Crippen molar-refractivity contribution in [3.05, 3.63) is 170 Å². The van der Waals surface area contributed by atoms with Gasteiger partial charge in [-0.25, -0.2) is 0 Å². The molecule has 228 valence electrons. The fourth-order valence-electron chi connectivity index (χ4n) is 8.01. The van der Waals surface area contributed by atoms with E-state index in [9.17, 15) is 0 Å². The number of benzene rings is 8. The van der Waals surface area contributed by atoms with E-state index in [1.54, 1.807) is 0 Å². The number of hydrogen-bond acceptors (Lipinski definition) is 1. The van der Waals surface area contributed by atoms with E-state index in [4.69, 9.17) is 4.42 Å². The number of para-hydroxylation sites is 2. The van der Waals surface area contributed by atoms with Crippen LogP contribution in [0, 0.1) is 0 Å². The van der Waals surface area contributed by atoms with Gasteiger partial charge < -0.3 is 13.6 Å². The van der Waals surface area contributed by atoms with Crippen LogP contribution >= 0.6 is 0 Å². The van der Waals surface area contributed by atoms with Crippen molar-refractivity contribution in [1.82, 2.24) is 9.13 Å². The Labute approximate surface area is 281 Å². The fraction of sp³-hybridized carbons (Fsp3) is 0. The van der Waals surface area contributed by atoms with E-state index in [0.717, 1.165) is 33.3 Å². The Morgan fingerprint density at radius 3 is 1.53 bits per heavy atom. The van der Waals surface area contributed by atoms with Gasteiger partial charge in [-0.05, 0) is 88.6 Å². The molecule has 0 fully saturated rings. The fourth-order valence-corrected chi connectivity index (χ4v) is 8.01. The highest BCUT2D eigenvalue weighted by Gasteiger charge is 2.19. The van der Waals surface area contributed by atoms with Gasteiger partial charge >= 0.3 is 0 Å². The van der Waals surface area contributed by atoms with Gasteiger partial charge in [-0.2, -0.15) is 0 Å². The average Bonchev–Trinajstić information content (AvgIpc) is 3.80. The molecule has 0 spiro atoms. The molecule has 0 atom stereocenters. The molecule has 0 saturated heterocycles. The molecule has 3 nitrogen and oxygen atoms in total. The zero-order valence-corrected chi connectivity index (χ0v) is 26.5. The Balaban J connectivity index is 1.17. The second-order valence-electron chi connectivity index (χ2n) is 13.0. The number of nitrogens with zero attached hydrogens (tertiary/aromatic N) is 2. The van der Waals surface area contributed by atoms with Crippen molar-refractivity contribution < 1.29 is 4.42 Å². The van der Waals surface area contributed by atoms with Crippen LogP contribution in [0.4, 0.5) is 0 Å². The van der Waals surface area contributed by atoms with Crippen molar-refractivity contribution in [3.63, 3.8) is 0 Å². The maximum absolute atomic E-state index is 6.38. The summed E-state index contributed by atoms with van der Waals surface area (Å²) in [5, 5.41) is 9.61. The predicted molar refractivity (Wildman–Crippen MR) is 205 cm³/mol. The molecule has 0 saturated carbocycles. The number of fused-ring (bicyclic) bond motifs is 10. The molecule has 0 aliphatic carbocycles. The number of aromatic nitrogens is 2. The summed E-state index contributed by atoms with van der Waals surface area (Å²) in [6.07, 6.45) is 0. The van der Waals surface area contributed by atoms with Crippen LogP contribution in [0.15, 0.2) is 174 Å². The van der Waals surface area contributed by atoms with E-state index in [1.165, 1.54) is 65.5 Å². The standard InChI is InChI=1S/C46H28N2O/c1-2-10-29(11-3-1)30-18-20-33(21-19-30)47-41-16-8-6-14-35(41)37-28-44-38(27-43(37)47)36-15-7-9-17-42(36)48(44)34-22-23-45-40(26-34)39-24-31-12-4-5-13-32(31)25-46(39)49-45/h1-28H. The summed E-state index contributed by atoms with van der Waals surface area (Å²) >= 11 is 0. The lowest BCUT2D eigenvalue weighted by Crippen LogP contribution is -1.95. The molecule has 49 heavy (non-hydrogen) atoms. The first-order valence-corrected chi connectivity index (χ1v) is 16.8. The topological polar surface area (TPSA) is 23.0 Å². The maximum Gasteiger partial charge on any atom is 0.136 e. The summed E-state index contributed by atoms with van der Waals surface area (Å²) in [4.78, 5) is 0. The van der Waals surface area contributed by atoms with Crippen molar-refractivity contribution in [2.24, 2.45) is 0 Å². The van der Waals surface area contributed by atoms with Gasteiger partial charge in [0.25, 0.3) is 0 Å². The van der Waals surface area contributed by atoms with Crippen LogP contribution < -0.4 is 0 Å². The third-order valence-electron chi connectivity index (χ3n) is 10.3. The van der Waals surface area contributed by atoms with E-state index >= 15 is 0 Å². The molecular weight excluding hydrogens is 597 g/mol.